The van der Waals surface area contributed by atoms with E-state index in [1.165, 1.54) is 12.8 Å². The fourth-order valence-electron chi connectivity index (χ4n) is 4.24. The first-order chi connectivity index (χ1) is 14.9. The second-order valence-electron chi connectivity index (χ2n) is 8.54. The number of amides is 1. The van der Waals surface area contributed by atoms with E-state index in [-0.39, 0.29) is 5.91 Å². The van der Waals surface area contributed by atoms with Gasteiger partial charge in [-0.15, -0.1) is 0 Å². The molecule has 9 heteroatoms. The standard InChI is InChI=1S/C22H26N4O4S/c1-31(28,29)24-17-4-2-3-16(11-17)21-19-14-26(13-15-5-6-15)22(27)18(19)12-20(23-21)25-7-9-30-10-8-25/h2-4,11-12,15H,5-10,13-14H2,1H3,(H-,24,28,29). The topological polar surface area (TPSA) is 97.8 Å². The van der Waals surface area contributed by atoms with Crippen molar-refractivity contribution in [2.24, 2.45) is 5.92 Å². The molecule has 1 aliphatic carbocycles. The van der Waals surface area contributed by atoms with Gasteiger partial charge >= 0.3 is 0 Å². The maximum absolute atomic E-state index is 13.2. The molecule has 0 bridgehead atoms. The molecule has 1 saturated carbocycles. The van der Waals surface area contributed by atoms with E-state index in [0.29, 0.717) is 36.9 Å². The third-order valence-electron chi connectivity index (χ3n) is 5.93. The molecule has 0 spiro atoms. The molecule has 164 valence electrons. The summed E-state index contributed by atoms with van der Waals surface area (Å²) in [5.74, 6) is 1.43. The molecule has 1 aromatic heterocycles. The number of ether oxygens (including phenoxy) is 1. The number of carbonyl (C=O) groups excluding carboxylic acids is 1. The second kappa shape index (κ2) is 7.89. The molecule has 1 N–H and O–H groups in total. The normalized spacial score (nSPS) is 20.5. The average Bonchev–Trinajstić information content (AvgIpc) is 3.51. The number of anilines is 2. The Kier molecular flexibility index (Phi) is 5.19. The highest BCUT2D eigenvalue weighted by atomic mass is 32.3. The number of pyridine rings is 1. The van der Waals surface area contributed by atoms with Gasteiger partial charge in [-0.1, -0.05) is 16.3 Å². The van der Waals surface area contributed by atoms with Crippen molar-refractivity contribution in [3.63, 3.8) is 0 Å². The van der Waals surface area contributed by atoms with Gasteiger partial charge in [-0.2, -0.15) is 0 Å². The predicted molar refractivity (Wildman–Crippen MR) is 119 cm³/mol. The number of aromatic nitrogens is 1. The lowest BCUT2D eigenvalue weighted by molar-refractivity contribution is 0.0771. The van der Waals surface area contributed by atoms with E-state index in [4.69, 9.17) is 9.72 Å². The maximum Gasteiger partial charge on any atom is 0.254 e. The number of benzene rings is 1. The number of sulfonamides is 1. The maximum atomic E-state index is 13.2. The molecule has 3 heterocycles. The van der Waals surface area contributed by atoms with Gasteiger partial charge in [-0.3, -0.25) is 4.79 Å². The molecule has 1 saturated heterocycles. The number of fused-ring (bicyclic) bond motifs is 1. The summed E-state index contributed by atoms with van der Waals surface area (Å²) in [5, 5.41) is 0. The number of carbonyl (C=O) groups is 1. The van der Waals surface area contributed by atoms with Gasteiger partial charge in [0.1, 0.15) is 22.5 Å². The highest BCUT2D eigenvalue weighted by molar-refractivity contribution is 7.98. The van der Waals surface area contributed by atoms with Crippen LogP contribution < -0.4 is 9.62 Å². The molecule has 1 amide bonds. The third kappa shape index (κ3) is 4.44. The Morgan fingerprint density at radius 3 is 2.74 bits per heavy atom. The summed E-state index contributed by atoms with van der Waals surface area (Å²) in [6, 6.07) is 9.12. The fourth-order valence-corrected chi connectivity index (χ4v) is 4.79. The number of hydrogen-bond acceptors (Lipinski definition) is 6. The lowest BCUT2D eigenvalue weighted by Gasteiger charge is -2.28. The highest BCUT2D eigenvalue weighted by Crippen LogP contribution is 2.38. The van der Waals surface area contributed by atoms with Crippen LogP contribution in [-0.2, 0) is 25.9 Å². The number of morpholine rings is 1. The Hall–Kier alpha value is -2.49. The summed E-state index contributed by atoms with van der Waals surface area (Å²) in [4.78, 5) is 22.2. The van der Waals surface area contributed by atoms with Crippen LogP contribution in [0.25, 0.3) is 11.3 Å². The molecule has 2 fully saturated rings. The SMILES string of the molecule is C[S+](=O)([O-])Nc1cccc(-c2nc(N3CCOCC3)cc3c2CN(CC2CC2)C3=O)c1. The van der Waals surface area contributed by atoms with Crippen LogP contribution in [0.15, 0.2) is 30.3 Å². The zero-order valence-corrected chi connectivity index (χ0v) is 18.3. The Balaban J connectivity index is 1.57. The van der Waals surface area contributed by atoms with Crippen LogP contribution in [-0.4, -0.2) is 59.4 Å². The third-order valence-corrected chi connectivity index (χ3v) is 6.53. The van der Waals surface area contributed by atoms with Gasteiger partial charge in [0.2, 0.25) is 0 Å². The highest BCUT2D eigenvalue weighted by Gasteiger charge is 2.35. The molecule has 1 atom stereocenters. The second-order valence-corrected chi connectivity index (χ2v) is 10.3. The number of nitrogens with one attached hydrogen (secondary N) is 1. The molecule has 5 rings (SSSR count). The van der Waals surface area contributed by atoms with Gasteiger partial charge in [-0.25, -0.2) is 9.71 Å². The Morgan fingerprint density at radius 1 is 1.26 bits per heavy atom. The van der Waals surface area contributed by atoms with Gasteiger partial charge in [0.15, 0.2) is 0 Å². The summed E-state index contributed by atoms with van der Waals surface area (Å²) >= 11 is 0. The zero-order chi connectivity index (χ0) is 21.6. The van der Waals surface area contributed by atoms with Crippen molar-refractivity contribution >= 4 is 27.8 Å². The first kappa shape index (κ1) is 20.4. The van der Waals surface area contributed by atoms with Crippen molar-refractivity contribution in [2.45, 2.75) is 19.4 Å². The molecular formula is C22H26N4O4S. The largest absolute Gasteiger partial charge is 0.593 e. The van der Waals surface area contributed by atoms with Gasteiger partial charge in [0, 0.05) is 37.3 Å². The van der Waals surface area contributed by atoms with Crippen LogP contribution in [0.2, 0.25) is 0 Å². The van der Waals surface area contributed by atoms with Crippen LogP contribution in [0.1, 0.15) is 28.8 Å². The molecule has 1 aromatic carbocycles. The lowest BCUT2D eigenvalue weighted by atomic mass is 10.0. The van der Waals surface area contributed by atoms with E-state index < -0.39 is 10.4 Å². The van der Waals surface area contributed by atoms with Crippen molar-refractivity contribution in [3.05, 3.63) is 41.5 Å². The molecule has 3 aliphatic rings. The zero-order valence-electron chi connectivity index (χ0n) is 17.5. The van der Waals surface area contributed by atoms with E-state index in [1.54, 1.807) is 18.2 Å². The van der Waals surface area contributed by atoms with Crippen molar-refractivity contribution in [3.8, 4) is 11.3 Å². The van der Waals surface area contributed by atoms with Crippen LogP contribution in [0.5, 0.6) is 0 Å². The van der Waals surface area contributed by atoms with Crippen LogP contribution >= 0.6 is 0 Å². The van der Waals surface area contributed by atoms with Crippen molar-refractivity contribution in [2.75, 3.05) is 48.7 Å². The fraction of sp³-hybridized carbons (Fsp3) is 0.455. The van der Waals surface area contributed by atoms with E-state index in [1.807, 2.05) is 17.0 Å². The Bertz CT molecular complexity index is 1060. The first-order valence-electron chi connectivity index (χ1n) is 10.6. The van der Waals surface area contributed by atoms with Crippen molar-refractivity contribution < 1.29 is 18.3 Å². The minimum absolute atomic E-state index is 0.0606. The molecule has 1 unspecified atom stereocenters. The molecular weight excluding hydrogens is 416 g/mol. The minimum Gasteiger partial charge on any atom is -0.593 e. The number of hydrogen-bond donors (Lipinski definition) is 1. The smallest absolute Gasteiger partial charge is 0.254 e. The van der Waals surface area contributed by atoms with E-state index in [9.17, 15) is 13.6 Å². The minimum atomic E-state index is -3.39. The summed E-state index contributed by atoms with van der Waals surface area (Å²) in [6.45, 7) is 4.03. The molecule has 0 radical (unpaired) electrons. The van der Waals surface area contributed by atoms with Crippen molar-refractivity contribution in [1.29, 1.82) is 0 Å². The van der Waals surface area contributed by atoms with Crippen LogP contribution in [0.3, 0.4) is 0 Å². The van der Waals surface area contributed by atoms with E-state index in [0.717, 1.165) is 48.5 Å². The lowest BCUT2D eigenvalue weighted by Crippen LogP contribution is -2.37. The number of nitrogens with zero attached hydrogens (tertiary/aromatic N) is 3. The van der Waals surface area contributed by atoms with Gasteiger partial charge in [0.25, 0.3) is 5.91 Å². The van der Waals surface area contributed by atoms with Gasteiger partial charge in [0.05, 0.1) is 30.2 Å². The molecule has 2 aromatic rings. The first-order valence-corrected chi connectivity index (χ1v) is 12.5. The number of rotatable bonds is 6. The molecule has 31 heavy (non-hydrogen) atoms. The van der Waals surface area contributed by atoms with Crippen LogP contribution in [0, 0.1) is 5.92 Å². The van der Waals surface area contributed by atoms with Crippen molar-refractivity contribution in [1.82, 2.24) is 9.88 Å². The monoisotopic (exact) mass is 442 g/mol. The molecule has 8 nitrogen and oxygen atoms in total. The van der Waals surface area contributed by atoms with Gasteiger partial charge in [-0.05, 0) is 37.0 Å². The predicted octanol–water partition coefficient (Wildman–Crippen LogP) is 2.54. The van der Waals surface area contributed by atoms with Gasteiger partial charge < -0.3 is 19.1 Å². The summed E-state index contributed by atoms with van der Waals surface area (Å²) < 4.78 is 31.4. The Morgan fingerprint density at radius 2 is 2.03 bits per heavy atom. The quantitative estimate of drug-likeness (QED) is 0.691. The van der Waals surface area contributed by atoms with Crippen LogP contribution in [0.4, 0.5) is 11.5 Å². The summed E-state index contributed by atoms with van der Waals surface area (Å²) in [5.41, 5.74) is 3.63. The van der Waals surface area contributed by atoms with E-state index >= 15 is 0 Å². The summed E-state index contributed by atoms with van der Waals surface area (Å²) in [7, 11) is -3.39. The van der Waals surface area contributed by atoms with E-state index in [2.05, 4.69) is 9.62 Å². The molecule has 2 aliphatic heterocycles. The Labute approximate surface area is 183 Å². The summed E-state index contributed by atoms with van der Waals surface area (Å²) in [6.07, 6.45) is 3.50. The average molecular weight is 443 g/mol.